The molecule has 4 rings (SSSR count). The molecule has 1 heterocycles. The molecule has 0 N–H and O–H groups in total. The third kappa shape index (κ3) is 4.38. The van der Waals surface area contributed by atoms with Crippen LogP contribution in [0.25, 0.3) is 0 Å². The maximum absolute atomic E-state index is 12.3. The number of halogens is 1. The van der Waals surface area contributed by atoms with Crippen molar-refractivity contribution in [2.45, 2.75) is 10.6 Å². The highest BCUT2D eigenvalue weighted by molar-refractivity contribution is 7.98. The lowest BCUT2D eigenvalue weighted by Crippen LogP contribution is -2.08. The second kappa shape index (κ2) is 7.94. The maximum Gasteiger partial charge on any atom is 0.343 e. The van der Waals surface area contributed by atoms with Crippen LogP contribution in [0.2, 0.25) is 5.02 Å². The van der Waals surface area contributed by atoms with Crippen molar-refractivity contribution >= 4 is 29.3 Å². The lowest BCUT2D eigenvalue weighted by molar-refractivity contribution is 0.0734. The predicted molar refractivity (Wildman–Crippen MR) is 105 cm³/mol. The summed E-state index contributed by atoms with van der Waals surface area (Å²) >= 11 is 7.61. The van der Waals surface area contributed by atoms with Crippen LogP contribution in [0.5, 0.6) is 17.2 Å². The summed E-state index contributed by atoms with van der Waals surface area (Å²) in [6, 6.07) is 20.2. The number of esters is 1. The lowest BCUT2D eigenvalue weighted by Gasteiger charge is -2.07. The minimum atomic E-state index is -0.411. The van der Waals surface area contributed by atoms with Crippen molar-refractivity contribution in [3.05, 3.63) is 82.9 Å². The fraction of sp³-hybridized carbons (Fsp3) is 0.0952. The van der Waals surface area contributed by atoms with E-state index < -0.39 is 5.97 Å². The van der Waals surface area contributed by atoms with Gasteiger partial charge in [-0.1, -0.05) is 23.7 Å². The van der Waals surface area contributed by atoms with Crippen LogP contribution < -0.4 is 14.2 Å². The molecule has 136 valence electrons. The third-order valence-corrected chi connectivity index (χ3v) is 5.30. The number of ether oxygens (including phenoxy) is 3. The first-order valence-corrected chi connectivity index (χ1v) is 9.63. The number of hydrogen-bond acceptors (Lipinski definition) is 5. The van der Waals surface area contributed by atoms with Crippen LogP contribution in [0.1, 0.15) is 15.9 Å². The minimum Gasteiger partial charge on any atom is -0.454 e. The van der Waals surface area contributed by atoms with E-state index >= 15 is 0 Å². The summed E-state index contributed by atoms with van der Waals surface area (Å²) in [5, 5.41) is 0.727. The van der Waals surface area contributed by atoms with E-state index in [4.69, 9.17) is 25.8 Å². The molecule has 4 nitrogen and oxygen atoms in total. The van der Waals surface area contributed by atoms with Gasteiger partial charge in [-0.25, -0.2) is 4.79 Å². The Morgan fingerprint density at radius 1 is 0.963 bits per heavy atom. The van der Waals surface area contributed by atoms with Gasteiger partial charge in [0.25, 0.3) is 0 Å². The standard InChI is InChI=1S/C21H15ClO4S/c22-16-5-8-18(9-6-16)27-12-14-1-3-15(4-2-14)21(23)26-17-7-10-19-20(11-17)25-13-24-19/h1-11H,12-13H2. The second-order valence-corrected chi connectivity index (χ2v) is 7.33. The van der Waals surface area contributed by atoms with E-state index in [9.17, 15) is 4.79 Å². The van der Waals surface area contributed by atoms with Crippen molar-refractivity contribution in [2.75, 3.05) is 6.79 Å². The molecule has 0 radical (unpaired) electrons. The van der Waals surface area contributed by atoms with Crippen LogP contribution in [0.15, 0.2) is 71.6 Å². The average Bonchev–Trinajstić information content (AvgIpc) is 3.16. The van der Waals surface area contributed by atoms with Gasteiger partial charge in [-0.3, -0.25) is 0 Å². The van der Waals surface area contributed by atoms with Crippen LogP contribution in [-0.4, -0.2) is 12.8 Å². The Balaban J connectivity index is 1.36. The largest absolute Gasteiger partial charge is 0.454 e. The molecule has 0 unspecified atom stereocenters. The van der Waals surface area contributed by atoms with Gasteiger partial charge in [0, 0.05) is 21.7 Å². The Hall–Kier alpha value is -2.63. The summed E-state index contributed by atoms with van der Waals surface area (Å²) in [6.07, 6.45) is 0. The SMILES string of the molecule is O=C(Oc1ccc2c(c1)OCO2)c1ccc(CSc2ccc(Cl)cc2)cc1. The summed E-state index contributed by atoms with van der Waals surface area (Å²) < 4.78 is 15.9. The van der Waals surface area contributed by atoms with Crippen molar-refractivity contribution < 1.29 is 19.0 Å². The van der Waals surface area contributed by atoms with Gasteiger partial charge in [0.15, 0.2) is 11.5 Å². The Labute approximate surface area is 166 Å². The minimum absolute atomic E-state index is 0.183. The van der Waals surface area contributed by atoms with E-state index in [1.165, 1.54) is 0 Å². The Kier molecular flexibility index (Phi) is 5.23. The summed E-state index contributed by atoms with van der Waals surface area (Å²) in [4.78, 5) is 13.5. The molecule has 0 amide bonds. The number of hydrogen-bond donors (Lipinski definition) is 0. The number of fused-ring (bicyclic) bond motifs is 1. The fourth-order valence-electron chi connectivity index (χ4n) is 2.54. The average molecular weight is 399 g/mol. The summed E-state index contributed by atoms with van der Waals surface area (Å²) in [5.74, 6) is 2.05. The summed E-state index contributed by atoms with van der Waals surface area (Å²) in [7, 11) is 0. The molecule has 6 heteroatoms. The van der Waals surface area contributed by atoms with Gasteiger partial charge < -0.3 is 14.2 Å². The molecule has 3 aromatic rings. The van der Waals surface area contributed by atoms with Crippen LogP contribution in [0.4, 0.5) is 0 Å². The van der Waals surface area contributed by atoms with Gasteiger partial charge in [0.2, 0.25) is 6.79 Å². The molecule has 0 aromatic heterocycles. The topological polar surface area (TPSA) is 44.8 Å². The molecule has 27 heavy (non-hydrogen) atoms. The molecule has 0 atom stereocenters. The van der Waals surface area contributed by atoms with E-state index in [1.54, 1.807) is 42.1 Å². The van der Waals surface area contributed by atoms with Crippen molar-refractivity contribution in [1.82, 2.24) is 0 Å². The zero-order valence-corrected chi connectivity index (χ0v) is 15.8. The van der Waals surface area contributed by atoms with E-state index in [1.807, 2.05) is 36.4 Å². The maximum atomic E-state index is 12.3. The van der Waals surface area contributed by atoms with Gasteiger partial charge >= 0.3 is 5.97 Å². The molecule has 0 saturated carbocycles. The van der Waals surface area contributed by atoms with Crippen LogP contribution in [0.3, 0.4) is 0 Å². The second-order valence-electron chi connectivity index (χ2n) is 5.84. The van der Waals surface area contributed by atoms with Crippen molar-refractivity contribution in [3.63, 3.8) is 0 Å². The lowest BCUT2D eigenvalue weighted by atomic mass is 10.1. The van der Waals surface area contributed by atoms with Gasteiger partial charge in [-0.15, -0.1) is 11.8 Å². The fourth-order valence-corrected chi connectivity index (χ4v) is 3.52. The van der Waals surface area contributed by atoms with Crippen LogP contribution >= 0.6 is 23.4 Å². The first-order chi connectivity index (χ1) is 13.2. The summed E-state index contributed by atoms with van der Waals surface area (Å²) in [6.45, 7) is 0.183. The van der Waals surface area contributed by atoms with Crippen LogP contribution in [-0.2, 0) is 5.75 Å². The van der Waals surface area contributed by atoms with E-state index in [0.717, 1.165) is 21.2 Å². The Bertz CT molecular complexity index is 955. The number of thioether (sulfide) groups is 1. The zero-order chi connectivity index (χ0) is 18.6. The van der Waals surface area contributed by atoms with E-state index in [-0.39, 0.29) is 6.79 Å². The van der Waals surface area contributed by atoms with Crippen molar-refractivity contribution in [2.24, 2.45) is 0 Å². The van der Waals surface area contributed by atoms with Gasteiger partial charge in [0.05, 0.1) is 5.56 Å². The Morgan fingerprint density at radius 2 is 1.70 bits per heavy atom. The molecule has 1 aliphatic heterocycles. The van der Waals surface area contributed by atoms with Crippen molar-refractivity contribution in [1.29, 1.82) is 0 Å². The molecular weight excluding hydrogens is 384 g/mol. The van der Waals surface area contributed by atoms with E-state index in [0.29, 0.717) is 22.8 Å². The normalized spacial score (nSPS) is 12.0. The van der Waals surface area contributed by atoms with Crippen LogP contribution in [0, 0.1) is 0 Å². The number of carbonyl (C=O) groups is 1. The zero-order valence-electron chi connectivity index (χ0n) is 14.2. The number of benzene rings is 3. The number of rotatable bonds is 5. The van der Waals surface area contributed by atoms with Gasteiger partial charge in [0.1, 0.15) is 5.75 Å². The van der Waals surface area contributed by atoms with Gasteiger partial charge in [-0.2, -0.15) is 0 Å². The predicted octanol–water partition coefficient (Wildman–Crippen LogP) is 5.58. The molecule has 0 fully saturated rings. The molecular formula is C21H15ClO4S. The molecule has 0 saturated heterocycles. The highest BCUT2D eigenvalue weighted by atomic mass is 35.5. The first-order valence-electron chi connectivity index (χ1n) is 8.26. The third-order valence-electron chi connectivity index (χ3n) is 3.96. The van der Waals surface area contributed by atoms with Gasteiger partial charge in [-0.05, 0) is 54.1 Å². The summed E-state index contributed by atoms with van der Waals surface area (Å²) in [5.41, 5.74) is 1.61. The Morgan fingerprint density at radius 3 is 2.48 bits per heavy atom. The highest BCUT2D eigenvalue weighted by Crippen LogP contribution is 2.35. The quantitative estimate of drug-likeness (QED) is 0.319. The molecule has 0 spiro atoms. The highest BCUT2D eigenvalue weighted by Gasteiger charge is 2.16. The molecule has 3 aromatic carbocycles. The molecule has 1 aliphatic rings. The molecule has 0 bridgehead atoms. The number of carbonyl (C=O) groups excluding carboxylic acids is 1. The monoisotopic (exact) mass is 398 g/mol. The van der Waals surface area contributed by atoms with Crippen molar-refractivity contribution in [3.8, 4) is 17.2 Å². The van der Waals surface area contributed by atoms with E-state index in [2.05, 4.69) is 0 Å². The molecule has 0 aliphatic carbocycles. The first kappa shape index (κ1) is 17.8. The smallest absolute Gasteiger partial charge is 0.343 e.